The molecule has 3 N–H and O–H groups in total. The molecule has 26 heavy (non-hydrogen) atoms. The van der Waals surface area contributed by atoms with E-state index in [1.807, 2.05) is 53.4 Å². The second-order valence-corrected chi connectivity index (χ2v) is 6.85. The number of hydrogen-bond acceptors (Lipinski definition) is 3. The molecule has 3 rings (SSSR count). The van der Waals surface area contributed by atoms with E-state index in [4.69, 9.17) is 5.73 Å². The van der Waals surface area contributed by atoms with Crippen molar-refractivity contribution in [3.8, 4) is 0 Å². The van der Waals surface area contributed by atoms with Crippen LogP contribution in [0.1, 0.15) is 30.9 Å². The number of para-hydroxylation sites is 1. The Morgan fingerprint density at radius 2 is 1.81 bits per heavy atom. The highest BCUT2D eigenvalue weighted by atomic mass is 16.2. The first-order valence-electron chi connectivity index (χ1n) is 9.01. The number of nitrogens with zero attached hydrogens (tertiary/aromatic N) is 1. The molecule has 0 aliphatic carbocycles. The number of fused-ring (bicyclic) bond motifs is 1. The number of amides is 2. The first kappa shape index (κ1) is 18.1. The summed E-state index contributed by atoms with van der Waals surface area (Å²) in [5.41, 5.74) is 8.10. The van der Waals surface area contributed by atoms with Gasteiger partial charge in [0.2, 0.25) is 11.8 Å². The molecule has 0 bridgehead atoms. The van der Waals surface area contributed by atoms with Gasteiger partial charge in [-0.15, -0.1) is 0 Å². The maximum absolute atomic E-state index is 12.5. The lowest BCUT2D eigenvalue weighted by molar-refractivity contribution is -0.126. The van der Waals surface area contributed by atoms with Crippen molar-refractivity contribution in [1.29, 1.82) is 0 Å². The van der Waals surface area contributed by atoms with Crippen LogP contribution in [-0.2, 0) is 21.5 Å². The van der Waals surface area contributed by atoms with E-state index in [1.54, 1.807) is 6.92 Å². The number of benzene rings is 2. The number of anilines is 1. The predicted octanol–water partition coefficient (Wildman–Crippen LogP) is 2.35. The van der Waals surface area contributed by atoms with Crippen molar-refractivity contribution in [2.24, 2.45) is 5.73 Å². The van der Waals surface area contributed by atoms with Crippen molar-refractivity contribution in [2.45, 2.75) is 31.7 Å². The molecule has 0 radical (unpaired) electrons. The molecule has 2 aromatic rings. The average Bonchev–Trinajstić information content (AvgIpc) is 3.09. The smallest absolute Gasteiger partial charge is 0.244 e. The van der Waals surface area contributed by atoms with Crippen molar-refractivity contribution < 1.29 is 9.59 Å². The third-order valence-electron chi connectivity index (χ3n) is 4.89. The van der Waals surface area contributed by atoms with Crippen LogP contribution < -0.4 is 16.0 Å². The second kappa shape index (κ2) is 7.70. The van der Waals surface area contributed by atoms with Crippen LogP contribution in [0.5, 0.6) is 0 Å². The molecule has 5 nitrogen and oxygen atoms in total. The summed E-state index contributed by atoms with van der Waals surface area (Å²) in [6.45, 7) is 2.86. The topological polar surface area (TPSA) is 75.4 Å². The molecule has 0 saturated carbocycles. The van der Waals surface area contributed by atoms with E-state index < -0.39 is 5.54 Å². The Balaban J connectivity index is 1.47. The summed E-state index contributed by atoms with van der Waals surface area (Å²) in [7, 11) is 0. The summed E-state index contributed by atoms with van der Waals surface area (Å²) in [5.74, 6) is -0.134. The first-order valence-corrected chi connectivity index (χ1v) is 9.01. The van der Waals surface area contributed by atoms with Gasteiger partial charge < -0.3 is 16.0 Å². The van der Waals surface area contributed by atoms with E-state index in [0.717, 1.165) is 24.2 Å². The molecule has 0 spiro atoms. The monoisotopic (exact) mass is 351 g/mol. The summed E-state index contributed by atoms with van der Waals surface area (Å²) in [6.07, 6.45) is 1.90. The normalized spacial score (nSPS) is 15.2. The molecule has 2 amide bonds. The van der Waals surface area contributed by atoms with E-state index in [2.05, 4.69) is 11.4 Å². The van der Waals surface area contributed by atoms with Gasteiger partial charge in [-0.05, 0) is 37.0 Å². The minimum Gasteiger partial charge on any atom is -0.354 e. The maximum atomic E-state index is 12.5. The fourth-order valence-corrected chi connectivity index (χ4v) is 3.27. The van der Waals surface area contributed by atoms with Crippen molar-refractivity contribution >= 4 is 17.5 Å². The van der Waals surface area contributed by atoms with E-state index in [-0.39, 0.29) is 11.8 Å². The lowest BCUT2D eigenvalue weighted by Gasteiger charge is -2.24. The highest BCUT2D eigenvalue weighted by molar-refractivity contribution is 5.95. The molecular formula is C21H25N3O2. The van der Waals surface area contributed by atoms with Gasteiger partial charge in [0, 0.05) is 25.2 Å². The van der Waals surface area contributed by atoms with Crippen LogP contribution in [0.25, 0.3) is 0 Å². The van der Waals surface area contributed by atoms with Gasteiger partial charge in [-0.25, -0.2) is 0 Å². The van der Waals surface area contributed by atoms with Crippen LogP contribution in [0.15, 0.2) is 54.6 Å². The van der Waals surface area contributed by atoms with E-state index >= 15 is 0 Å². The Morgan fingerprint density at radius 3 is 2.58 bits per heavy atom. The Hall–Kier alpha value is -2.66. The Kier molecular flexibility index (Phi) is 5.38. The van der Waals surface area contributed by atoms with Gasteiger partial charge in [0.15, 0.2) is 0 Å². The first-order chi connectivity index (χ1) is 12.5. The fourth-order valence-electron chi connectivity index (χ4n) is 3.27. The SMILES string of the molecule is CC(N)(C(=O)NCCCC(=O)N1CCc2ccccc21)c1ccccc1. The Labute approximate surface area is 154 Å². The van der Waals surface area contributed by atoms with Crippen molar-refractivity contribution in [3.05, 3.63) is 65.7 Å². The van der Waals surface area contributed by atoms with Crippen LogP contribution in [0, 0.1) is 0 Å². The molecule has 1 aliphatic heterocycles. The average molecular weight is 351 g/mol. The molecular weight excluding hydrogens is 326 g/mol. The standard InChI is InChI=1S/C21H25N3O2/c1-21(22,17-9-3-2-4-10-17)20(26)23-14-7-12-19(25)24-15-13-16-8-5-6-11-18(16)24/h2-6,8-11H,7,12-15,22H2,1H3,(H,23,26). The van der Waals surface area contributed by atoms with Crippen molar-refractivity contribution in [1.82, 2.24) is 5.32 Å². The van der Waals surface area contributed by atoms with Crippen LogP contribution in [0.4, 0.5) is 5.69 Å². The van der Waals surface area contributed by atoms with E-state index in [0.29, 0.717) is 19.4 Å². The number of nitrogens with two attached hydrogens (primary N) is 1. The number of carbonyl (C=O) groups is 2. The summed E-state index contributed by atoms with van der Waals surface area (Å²) < 4.78 is 0. The fraction of sp³-hybridized carbons (Fsp3) is 0.333. The number of rotatable bonds is 6. The quantitative estimate of drug-likeness (QED) is 0.785. The second-order valence-electron chi connectivity index (χ2n) is 6.85. The van der Waals surface area contributed by atoms with Gasteiger partial charge in [0.25, 0.3) is 0 Å². The van der Waals surface area contributed by atoms with Gasteiger partial charge in [-0.2, -0.15) is 0 Å². The molecule has 0 fully saturated rings. The molecule has 1 aliphatic rings. The molecule has 5 heteroatoms. The van der Waals surface area contributed by atoms with Crippen LogP contribution in [0.3, 0.4) is 0 Å². The van der Waals surface area contributed by atoms with Gasteiger partial charge in [0.05, 0.1) is 0 Å². The van der Waals surface area contributed by atoms with E-state index in [1.165, 1.54) is 5.56 Å². The van der Waals surface area contributed by atoms with Gasteiger partial charge in [-0.3, -0.25) is 9.59 Å². The van der Waals surface area contributed by atoms with Crippen molar-refractivity contribution in [2.75, 3.05) is 18.0 Å². The largest absolute Gasteiger partial charge is 0.354 e. The van der Waals surface area contributed by atoms with Crippen LogP contribution in [-0.4, -0.2) is 24.9 Å². The Bertz CT molecular complexity index is 787. The zero-order chi connectivity index (χ0) is 18.6. The number of carbonyl (C=O) groups excluding carboxylic acids is 2. The molecule has 136 valence electrons. The third-order valence-corrected chi connectivity index (χ3v) is 4.89. The number of nitrogens with one attached hydrogen (secondary N) is 1. The summed E-state index contributed by atoms with van der Waals surface area (Å²) in [4.78, 5) is 26.7. The molecule has 1 heterocycles. The molecule has 2 aromatic carbocycles. The van der Waals surface area contributed by atoms with E-state index in [9.17, 15) is 9.59 Å². The predicted molar refractivity (Wildman–Crippen MR) is 103 cm³/mol. The summed E-state index contributed by atoms with van der Waals surface area (Å²) in [6, 6.07) is 17.3. The van der Waals surface area contributed by atoms with Gasteiger partial charge in [-0.1, -0.05) is 48.5 Å². The Morgan fingerprint density at radius 1 is 1.12 bits per heavy atom. The zero-order valence-corrected chi connectivity index (χ0v) is 15.1. The van der Waals surface area contributed by atoms with Gasteiger partial charge >= 0.3 is 0 Å². The molecule has 1 unspecified atom stereocenters. The van der Waals surface area contributed by atoms with Crippen LogP contribution >= 0.6 is 0 Å². The molecule has 1 atom stereocenters. The minimum atomic E-state index is -1.08. The van der Waals surface area contributed by atoms with Crippen molar-refractivity contribution in [3.63, 3.8) is 0 Å². The lowest BCUT2D eigenvalue weighted by Crippen LogP contribution is -2.49. The number of hydrogen-bond donors (Lipinski definition) is 2. The third kappa shape index (κ3) is 3.78. The van der Waals surface area contributed by atoms with Gasteiger partial charge in [0.1, 0.15) is 5.54 Å². The lowest BCUT2D eigenvalue weighted by atomic mass is 9.92. The van der Waals surface area contributed by atoms with Crippen LogP contribution in [0.2, 0.25) is 0 Å². The summed E-state index contributed by atoms with van der Waals surface area (Å²) >= 11 is 0. The summed E-state index contributed by atoms with van der Waals surface area (Å²) in [5, 5.41) is 2.85. The minimum absolute atomic E-state index is 0.0998. The zero-order valence-electron chi connectivity index (χ0n) is 15.1. The molecule has 0 aromatic heterocycles. The molecule has 0 saturated heterocycles. The maximum Gasteiger partial charge on any atom is 0.244 e. The highest BCUT2D eigenvalue weighted by Gasteiger charge is 2.30. The highest BCUT2D eigenvalue weighted by Crippen LogP contribution is 2.28.